The zero-order chi connectivity index (χ0) is 27.3. The van der Waals surface area contributed by atoms with Crippen LogP contribution in [0.3, 0.4) is 0 Å². The highest BCUT2D eigenvalue weighted by Gasteiger charge is 2.45. The number of anilines is 1. The number of nitrogens with one attached hydrogen (secondary N) is 1. The molecule has 3 aliphatic heterocycles. The van der Waals surface area contributed by atoms with Crippen LogP contribution in [0.4, 0.5) is 5.69 Å². The quantitative estimate of drug-likeness (QED) is 0.374. The van der Waals surface area contributed by atoms with E-state index in [2.05, 4.69) is 28.7 Å². The minimum atomic E-state index is -0.120. The van der Waals surface area contributed by atoms with E-state index in [-0.39, 0.29) is 28.8 Å². The van der Waals surface area contributed by atoms with E-state index in [1.807, 2.05) is 24.3 Å². The highest BCUT2D eigenvalue weighted by molar-refractivity contribution is 7.98. The Kier molecular flexibility index (Phi) is 7.44. The van der Waals surface area contributed by atoms with Gasteiger partial charge in [0.1, 0.15) is 5.75 Å². The molecule has 0 aromatic heterocycles. The van der Waals surface area contributed by atoms with Gasteiger partial charge in [-0.2, -0.15) is 0 Å². The molecule has 5 aliphatic rings. The first-order valence-electron chi connectivity index (χ1n) is 15.0. The van der Waals surface area contributed by atoms with E-state index in [0.29, 0.717) is 30.6 Å². The predicted octanol–water partition coefficient (Wildman–Crippen LogP) is 6.18. The van der Waals surface area contributed by atoms with Crippen LogP contribution in [-0.2, 0) is 21.3 Å². The van der Waals surface area contributed by atoms with Crippen LogP contribution in [-0.4, -0.2) is 56.3 Å². The average molecular weight is 583 g/mol. The van der Waals surface area contributed by atoms with Crippen LogP contribution in [0.25, 0.3) is 0 Å². The van der Waals surface area contributed by atoms with Crippen molar-refractivity contribution in [3.05, 3.63) is 58.1 Å². The molecule has 6 nitrogen and oxygen atoms in total. The van der Waals surface area contributed by atoms with Crippen LogP contribution in [0.1, 0.15) is 66.9 Å². The molecule has 0 radical (unpaired) electrons. The average Bonchev–Trinajstić information content (AvgIpc) is 3.09. The van der Waals surface area contributed by atoms with E-state index in [4.69, 9.17) is 25.8 Å². The van der Waals surface area contributed by atoms with Gasteiger partial charge in [-0.25, -0.2) is 0 Å². The lowest BCUT2D eigenvalue weighted by Crippen LogP contribution is -2.51. The molecule has 1 N–H and O–H groups in total. The lowest BCUT2D eigenvalue weighted by Gasteiger charge is -2.48. The molecule has 1 saturated heterocycles. The minimum absolute atomic E-state index is 0.0732. The summed E-state index contributed by atoms with van der Waals surface area (Å²) in [4.78, 5) is 15.8. The van der Waals surface area contributed by atoms with Crippen molar-refractivity contribution in [3.63, 3.8) is 0 Å². The van der Waals surface area contributed by atoms with Crippen molar-refractivity contribution < 1.29 is 19.0 Å². The first kappa shape index (κ1) is 26.9. The second-order valence-corrected chi connectivity index (χ2v) is 14.2. The third kappa shape index (κ3) is 5.12. The van der Waals surface area contributed by atoms with Gasteiger partial charge in [-0.15, -0.1) is 0 Å². The topological polar surface area (TPSA) is 60.0 Å². The van der Waals surface area contributed by atoms with Gasteiger partial charge in [0, 0.05) is 47.4 Å². The summed E-state index contributed by atoms with van der Waals surface area (Å²) in [5, 5.41) is 0.962. The van der Waals surface area contributed by atoms with Crippen molar-refractivity contribution in [2.75, 3.05) is 37.8 Å². The summed E-state index contributed by atoms with van der Waals surface area (Å²) in [6, 6.07) is 12.3. The SMILES string of the molecule is C[C@@H]1CO[C@@H]2CCO[C@H](C2)[C@@H]2CC[C@H]2CN2C[C@@]3(CCCc4cc(Cl)ccc43)COc3ccc(cc32)C(=O)NS1. The number of benzene rings is 2. The van der Waals surface area contributed by atoms with Gasteiger partial charge in [0.25, 0.3) is 5.91 Å². The molecule has 8 heteroatoms. The number of aryl methyl sites for hydroxylation is 1. The number of ether oxygens (including phenoxy) is 3. The van der Waals surface area contributed by atoms with Gasteiger partial charge < -0.3 is 19.1 Å². The fourth-order valence-electron chi connectivity index (χ4n) is 7.61. The molecule has 40 heavy (non-hydrogen) atoms. The van der Waals surface area contributed by atoms with Crippen molar-refractivity contribution in [1.82, 2.24) is 4.72 Å². The fourth-order valence-corrected chi connectivity index (χ4v) is 8.38. The number of fused-ring (bicyclic) bond motifs is 7. The van der Waals surface area contributed by atoms with Crippen molar-refractivity contribution in [1.29, 1.82) is 0 Å². The molecular weight excluding hydrogens is 544 g/mol. The van der Waals surface area contributed by atoms with Gasteiger partial charge in [0.05, 0.1) is 31.1 Å². The summed E-state index contributed by atoms with van der Waals surface area (Å²) in [5.41, 5.74) is 4.29. The molecule has 6 atom stereocenters. The zero-order valence-electron chi connectivity index (χ0n) is 23.2. The molecule has 7 rings (SSSR count). The second-order valence-electron chi connectivity index (χ2n) is 12.5. The van der Waals surface area contributed by atoms with Gasteiger partial charge in [-0.3, -0.25) is 9.52 Å². The number of nitrogens with zero attached hydrogens (tertiary/aromatic N) is 1. The van der Waals surface area contributed by atoms with Gasteiger partial charge >= 0.3 is 0 Å². The lowest BCUT2D eigenvalue weighted by molar-refractivity contribution is -0.116. The smallest absolute Gasteiger partial charge is 0.261 e. The van der Waals surface area contributed by atoms with Crippen LogP contribution >= 0.6 is 23.5 Å². The molecule has 2 aliphatic carbocycles. The summed E-state index contributed by atoms with van der Waals surface area (Å²) in [7, 11) is 0. The zero-order valence-corrected chi connectivity index (χ0v) is 24.8. The molecule has 2 aromatic rings. The Morgan fingerprint density at radius 1 is 1.12 bits per heavy atom. The maximum atomic E-state index is 13.3. The van der Waals surface area contributed by atoms with Gasteiger partial charge in [0.15, 0.2) is 0 Å². The van der Waals surface area contributed by atoms with E-state index >= 15 is 0 Å². The molecule has 0 unspecified atom stereocenters. The van der Waals surface area contributed by atoms with Crippen LogP contribution in [0.5, 0.6) is 5.75 Å². The first-order valence-corrected chi connectivity index (χ1v) is 16.2. The number of carbonyl (C=O) groups excluding carboxylic acids is 1. The lowest BCUT2D eigenvalue weighted by atomic mass is 9.67. The van der Waals surface area contributed by atoms with Crippen LogP contribution < -0.4 is 14.4 Å². The molecule has 214 valence electrons. The van der Waals surface area contributed by atoms with Crippen molar-refractivity contribution >= 4 is 35.1 Å². The van der Waals surface area contributed by atoms with Crippen LogP contribution in [0.2, 0.25) is 5.02 Å². The summed E-state index contributed by atoms with van der Waals surface area (Å²) >= 11 is 7.87. The predicted molar refractivity (Wildman–Crippen MR) is 160 cm³/mol. The van der Waals surface area contributed by atoms with Crippen molar-refractivity contribution in [2.24, 2.45) is 11.8 Å². The highest BCUT2D eigenvalue weighted by atomic mass is 35.5. The number of hydrogen-bond donors (Lipinski definition) is 1. The number of rotatable bonds is 0. The Morgan fingerprint density at radius 2 is 2.05 bits per heavy atom. The Hall–Kier alpha value is -1.93. The summed E-state index contributed by atoms with van der Waals surface area (Å²) in [6.07, 6.45) is 8.06. The van der Waals surface area contributed by atoms with Crippen LogP contribution in [0, 0.1) is 11.8 Å². The minimum Gasteiger partial charge on any atom is -0.490 e. The van der Waals surface area contributed by atoms with Crippen molar-refractivity contribution in [3.8, 4) is 5.75 Å². The summed E-state index contributed by atoms with van der Waals surface area (Å²) < 4.78 is 22.4. The summed E-state index contributed by atoms with van der Waals surface area (Å²) in [5.74, 6) is 1.88. The van der Waals surface area contributed by atoms with E-state index in [0.717, 1.165) is 68.3 Å². The monoisotopic (exact) mass is 582 g/mol. The standard InChI is InChI=1S/C32H39ClN2O4S/c1-20-17-38-25-10-12-37-30(15-25)26-7-4-23(26)16-35-18-32(11-2-3-21-13-24(33)6-8-27(21)32)19-39-29-9-5-22(14-28(29)35)31(36)34-40-20/h5-6,8-9,13-14,20,23,25-26,30H,2-4,7,10-12,15-19H2,1H3,(H,34,36)/t20-,23+,25-,26-,30-,32+/m1/s1. The number of hydrogen-bond acceptors (Lipinski definition) is 6. The maximum absolute atomic E-state index is 13.3. The highest BCUT2D eigenvalue weighted by Crippen LogP contribution is 2.47. The fraction of sp³-hybridized carbons (Fsp3) is 0.594. The Labute approximate surface area is 246 Å². The van der Waals surface area contributed by atoms with Crippen LogP contribution in [0.15, 0.2) is 36.4 Å². The third-order valence-corrected chi connectivity index (χ3v) is 11.0. The molecule has 1 amide bonds. The Morgan fingerprint density at radius 3 is 2.92 bits per heavy atom. The van der Waals surface area contributed by atoms with E-state index < -0.39 is 0 Å². The van der Waals surface area contributed by atoms with E-state index in [9.17, 15) is 4.79 Å². The van der Waals surface area contributed by atoms with Gasteiger partial charge in [0.2, 0.25) is 0 Å². The molecule has 1 spiro atoms. The molecule has 2 aromatic carbocycles. The second kappa shape index (κ2) is 11.0. The number of amides is 1. The van der Waals surface area contributed by atoms with Gasteiger partial charge in [-0.1, -0.05) is 17.7 Å². The normalized spacial score (nSPS) is 34.0. The largest absolute Gasteiger partial charge is 0.490 e. The number of halogens is 1. The maximum Gasteiger partial charge on any atom is 0.261 e. The third-order valence-electron chi connectivity index (χ3n) is 9.89. The van der Waals surface area contributed by atoms with E-state index in [1.54, 1.807) is 0 Å². The number of carbonyl (C=O) groups is 1. The Bertz CT molecular complexity index is 1280. The molecule has 1 saturated carbocycles. The Balaban J connectivity index is 1.26. The molecular formula is C32H39ClN2O4S. The van der Waals surface area contributed by atoms with Gasteiger partial charge in [-0.05, 0) is 111 Å². The molecule has 2 fully saturated rings. The van der Waals surface area contributed by atoms with Crippen molar-refractivity contribution in [2.45, 2.75) is 74.7 Å². The molecule has 4 bridgehead atoms. The van der Waals surface area contributed by atoms with E-state index in [1.165, 1.54) is 35.9 Å². The summed E-state index contributed by atoms with van der Waals surface area (Å²) in [6.45, 7) is 5.93. The molecule has 3 heterocycles. The first-order chi connectivity index (χ1) is 19.5.